The van der Waals surface area contributed by atoms with Gasteiger partial charge in [-0.2, -0.15) is 0 Å². The predicted molar refractivity (Wildman–Crippen MR) is 48.2 cm³/mol. The first-order valence-corrected chi connectivity index (χ1v) is 3.77. The fourth-order valence-electron chi connectivity index (χ4n) is 1.36. The average molecular weight is 181 g/mol. The molecule has 0 spiro atoms. The molecule has 1 aliphatic heterocycles. The van der Waals surface area contributed by atoms with Gasteiger partial charge in [-0.25, -0.2) is 0 Å². The maximum absolute atomic E-state index is 9.46. The summed E-state index contributed by atoms with van der Waals surface area (Å²) in [6.07, 6.45) is 0.735. The molecule has 1 heterocycles. The van der Waals surface area contributed by atoms with Crippen LogP contribution < -0.4 is 5.32 Å². The number of aliphatic hydroxyl groups is 1. The van der Waals surface area contributed by atoms with Gasteiger partial charge in [0.05, 0.1) is 6.10 Å². The smallest absolute Gasteiger partial charge is 0.0719 e. The van der Waals surface area contributed by atoms with Crippen LogP contribution in [0.2, 0.25) is 0 Å². The topological polar surface area (TPSA) is 35.5 Å². The molecule has 0 aliphatic carbocycles. The van der Waals surface area contributed by atoms with E-state index in [0.29, 0.717) is 6.04 Å². The van der Waals surface area contributed by atoms with Crippen LogP contribution >= 0.6 is 12.4 Å². The first-order chi connectivity index (χ1) is 4.72. The lowest BCUT2D eigenvalue weighted by Crippen LogP contribution is -2.51. The Morgan fingerprint density at radius 1 is 1.45 bits per heavy atom. The second-order valence-electron chi connectivity index (χ2n) is 3.09. The summed E-state index contributed by atoms with van der Waals surface area (Å²) in [7, 11) is 4.00. The molecule has 0 aromatic carbocycles. The van der Waals surface area contributed by atoms with Crippen molar-refractivity contribution in [2.45, 2.75) is 18.6 Å². The zero-order chi connectivity index (χ0) is 7.56. The van der Waals surface area contributed by atoms with Gasteiger partial charge in [0.15, 0.2) is 0 Å². The van der Waals surface area contributed by atoms with Gasteiger partial charge in [0.2, 0.25) is 0 Å². The van der Waals surface area contributed by atoms with Crippen molar-refractivity contribution in [2.75, 3.05) is 27.2 Å². The minimum absolute atomic E-state index is 0. The molecule has 0 unspecified atom stereocenters. The number of rotatable bonds is 1. The molecule has 11 heavy (non-hydrogen) atoms. The Bertz CT molecular complexity index is 111. The zero-order valence-corrected chi connectivity index (χ0v) is 7.90. The van der Waals surface area contributed by atoms with Gasteiger partial charge in [-0.05, 0) is 27.1 Å². The van der Waals surface area contributed by atoms with E-state index in [0.717, 1.165) is 19.5 Å². The molecular weight excluding hydrogens is 164 g/mol. The number of nitrogens with one attached hydrogen (secondary N) is 1. The van der Waals surface area contributed by atoms with Crippen molar-refractivity contribution in [3.05, 3.63) is 0 Å². The van der Waals surface area contributed by atoms with Gasteiger partial charge >= 0.3 is 0 Å². The molecule has 1 aliphatic rings. The summed E-state index contributed by atoms with van der Waals surface area (Å²) in [4.78, 5) is 2.07. The summed E-state index contributed by atoms with van der Waals surface area (Å²) in [5, 5.41) is 12.7. The molecular formula is C7H17ClN2O. The molecule has 4 heteroatoms. The van der Waals surface area contributed by atoms with Crippen LogP contribution in [-0.4, -0.2) is 49.3 Å². The van der Waals surface area contributed by atoms with Crippen molar-refractivity contribution in [1.29, 1.82) is 0 Å². The van der Waals surface area contributed by atoms with Gasteiger partial charge in [-0.15, -0.1) is 12.4 Å². The molecule has 0 saturated carbocycles. The molecule has 0 aromatic rings. The predicted octanol–water partition coefficient (Wildman–Crippen LogP) is -0.307. The molecule has 2 N–H and O–H groups in total. The molecule has 2 atom stereocenters. The third-order valence-electron chi connectivity index (χ3n) is 2.08. The van der Waals surface area contributed by atoms with Gasteiger partial charge in [-0.3, -0.25) is 0 Å². The van der Waals surface area contributed by atoms with E-state index in [1.807, 2.05) is 14.1 Å². The second-order valence-corrected chi connectivity index (χ2v) is 3.09. The minimum atomic E-state index is -0.142. The van der Waals surface area contributed by atoms with Crippen molar-refractivity contribution < 1.29 is 5.11 Å². The Kier molecular flexibility index (Phi) is 5.01. The second kappa shape index (κ2) is 4.93. The normalized spacial score (nSPS) is 31.6. The van der Waals surface area contributed by atoms with E-state index in [4.69, 9.17) is 0 Å². The fraction of sp³-hybridized carbons (Fsp3) is 1.00. The summed E-state index contributed by atoms with van der Waals surface area (Å²) in [5.41, 5.74) is 0. The van der Waals surface area contributed by atoms with E-state index in [1.165, 1.54) is 0 Å². The Labute approximate surface area is 74.2 Å². The van der Waals surface area contributed by atoms with Crippen molar-refractivity contribution in [1.82, 2.24) is 10.2 Å². The Balaban J connectivity index is 0.000001000. The van der Waals surface area contributed by atoms with Crippen molar-refractivity contribution in [3.8, 4) is 0 Å². The Morgan fingerprint density at radius 3 is 2.45 bits per heavy atom. The van der Waals surface area contributed by atoms with E-state index in [-0.39, 0.29) is 18.5 Å². The zero-order valence-electron chi connectivity index (χ0n) is 7.08. The maximum atomic E-state index is 9.46. The number of aliphatic hydroxyl groups excluding tert-OH is 1. The minimum Gasteiger partial charge on any atom is -0.391 e. The highest BCUT2D eigenvalue weighted by atomic mass is 35.5. The van der Waals surface area contributed by atoms with Gasteiger partial charge in [-0.1, -0.05) is 0 Å². The molecule has 1 rings (SSSR count). The first-order valence-electron chi connectivity index (χ1n) is 3.77. The highest BCUT2D eigenvalue weighted by Gasteiger charge is 2.23. The number of halogens is 1. The molecule has 0 radical (unpaired) electrons. The maximum Gasteiger partial charge on any atom is 0.0719 e. The lowest BCUT2D eigenvalue weighted by atomic mass is 10.0. The monoisotopic (exact) mass is 180 g/mol. The van der Waals surface area contributed by atoms with Crippen LogP contribution in [0.1, 0.15) is 6.42 Å². The van der Waals surface area contributed by atoms with Crippen LogP contribution in [0.5, 0.6) is 0 Å². The van der Waals surface area contributed by atoms with Crippen LogP contribution in [0, 0.1) is 0 Å². The summed E-state index contributed by atoms with van der Waals surface area (Å²) in [5.74, 6) is 0. The Hall–Kier alpha value is 0.170. The van der Waals surface area contributed by atoms with E-state index in [9.17, 15) is 5.11 Å². The van der Waals surface area contributed by atoms with Gasteiger partial charge < -0.3 is 15.3 Å². The molecule has 1 fully saturated rings. The standard InChI is InChI=1S/C7H16N2O.ClH/c1-9(2)6-5-8-4-3-7(6)10;/h6-8,10H,3-5H2,1-2H3;1H/t6-,7-;/m0./s1. The molecule has 1 saturated heterocycles. The van der Waals surface area contributed by atoms with Crippen LogP contribution in [-0.2, 0) is 0 Å². The largest absolute Gasteiger partial charge is 0.391 e. The highest BCUT2D eigenvalue weighted by Crippen LogP contribution is 2.07. The van der Waals surface area contributed by atoms with Crippen LogP contribution in [0.25, 0.3) is 0 Å². The SMILES string of the molecule is CN(C)[C@H]1CNCC[C@@H]1O.Cl. The van der Waals surface area contributed by atoms with E-state index >= 15 is 0 Å². The fourth-order valence-corrected chi connectivity index (χ4v) is 1.36. The van der Waals surface area contributed by atoms with E-state index in [1.54, 1.807) is 0 Å². The van der Waals surface area contributed by atoms with Gasteiger partial charge in [0.25, 0.3) is 0 Å². The van der Waals surface area contributed by atoms with Crippen LogP contribution in [0.15, 0.2) is 0 Å². The van der Waals surface area contributed by atoms with Crippen LogP contribution in [0.3, 0.4) is 0 Å². The molecule has 0 amide bonds. The summed E-state index contributed by atoms with van der Waals surface area (Å²) >= 11 is 0. The lowest BCUT2D eigenvalue weighted by molar-refractivity contribution is 0.0523. The summed E-state index contributed by atoms with van der Waals surface area (Å²) < 4.78 is 0. The quantitative estimate of drug-likeness (QED) is 0.582. The number of hydrogen-bond acceptors (Lipinski definition) is 3. The third kappa shape index (κ3) is 2.95. The average Bonchev–Trinajstić information content (AvgIpc) is 1.88. The molecule has 0 bridgehead atoms. The van der Waals surface area contributed by atoms with Crippen molar-refractivity contribution in [2.24, 2.45) is 0 Å². The molecule has 3 nitrogen and oxygen atoms in total. The van der Waals surface area contributed by atoms with E-state index in [2.05, 4.69) is 10.2 Å². The van der Waals surface area contributed by atoms with Crippen molar-refractivity contribution in [3.63, 3.8) is 0 Å². The first kappa shape index (κ1) is 11.2. The number of likely N-dealkylation sites (N-methyl/N-ethyl adjacent to an activating group) is 1. The summed E-state index contributed by atoms with van der Waals surface area (Å²) in [6.45, 7) is 1.86. The third-order valence-corrected chi connectivity index (χ3v) is 2.08. The number of nitrogens with zero attached hydrogens (tertiary/aromatic N) is 1. The van der Waals surface area contributed by atoms with E-state index < -0.39 is 0 Å². The number of piperidine rings is 1. The summed E-state index contributed by atoms with van der Waals surface area (Å²) in [6, 6.07) is 0.300. The van der Waals surface area contributed by atoms with Gasteiger partial charge in [0, 0.05) is 12.6 Å². The van der Waals surface area contributed by atoms with Gasteiger partial charge in [0.1, 0.15) is 0 Å². The lowest BCUT2D eigenvalue weighted by Gasteiger charge is -2.33. The molecule has 0 aromatic heterocycles. The molecule has 68 valence electrons. The Morgan fingerprint density at radius 2 is 2.09 bits per heavy atom. The highest BCUT2D eigenvalue weighted by molar-refractivity contribution is 5.85. The number of hydrogen-bond donors (Lipinski definition) is 2. The van der Waals surface area contributed by atoms with Crippen LogP contribution in [0.4, 0.5) is 0 Å². The van der Waals surface area contributed by atoms with Crippen molar-refractivity contribution >= 4 is 12.4 Å².